The number of hydrogen-bond acceptors (Lipinski definition) is 3. The molecule has 0 radical (unpaired) electrons. The Bertz CT molecular complexity index is 397. The van der Waals surface area contributed by atoms with Crippen LogP contribution >= 0.6 is 0 Å². The normalized spacial score (nSPS) is 14.8. The van der Waals surface area contributed by atoms with Gasteiger partial charge in [0.15, 0.2) is 0 Å². The fraction of sp³-hybridized carbons (Fsp3) is 0.636. The number of hydrogen-bond donors (Lipinski definition) is 2. The highest BCUT2D eigenvalue weighted by atomic mass is 16.1. The van der Waals surface area contributed by atoms with Crippen LogP contribution in [0, 0.1) is 6.92 Å². The minimum Gasteiger partial charge on any atom is -0.370 e. The Hall–Kier alpha value is -1.36. The van der Waals surface area contributed by atoms with Crippen molar-refractivity contribution in [3.05, 3.63) is 17.2 Å². The van der Waals surface area contributed by atoms with Gasteiger partial charge in [0.05, 0.1) is 5.69 Å². The molecule has 1 aliphatic heterocycles. The molecule has 1 aromatic heterocycles. The van der Waals surface area contributed by atoms with Crippen molar-refractivity contribution >= 4 is 5.91 Å². The second-order valence-electron chi connectivity index (χ2n) is 4.20. The fourth-order valence-corrected chi connectivity index (χ4v) is 2.21. The fourth-order valence-electron chi connectivity index (χ4n) is 2.21. The van der Waals surface area contributed by atoms with Crippen molar-refractivity contribution in [2.45, 2.75) is 39.3 Å². The molecule has 5 heteroatoms. The van der Waals surface area contributed by atoms with E-state index in [0.29, 0.717) is 6.42 Å². The maximum atomic E-state index is 10.7. The second-order valence-corrected chi connectivity index (χ2v) is 4.20. The van der Waals surface area contributed by atoms with E-state index >= 15 is 0 Å². The zero-order chi connectivity index (χ0) is 11.5. The molecule has 1 amide bonds. The quantitative estimate of drug-likeness (QED) is 0.759. The third-order valence-corrected chi connectivity index (χ3v) is 2.98. The van der Waals surface area contributed by atoms with E-state index in [1.165, 1.54) is 5.69 Å². The smallest absolute Gasteiger partial charge is 0.217 e. The zero-order valence-corrected chi connectivity index (χ0v) is 9.62. The molecular formula is C11H18N4O. The summed E-state index contributed by atoms with van der Waals surface area (Å²) in [7, 11) is 0. The average molecular weight is 222 g/mol. The van der Waals surface area contributed by atoms with Gasteiger partial charge in [-0.25, -0.2) is 4.98 Å². The SMILES string of the molecule is Cc1nc2c(n1CCCC(N)=O)CCNC2. The first-order valence-electron chi connectivity index (χ1n) is 5.72. The van der Waals surface area contributed by atoms with Gasteiger partial charge in [-0.2, -0.15) is 0 Å². The van der Waals surface area contributed by atoms with Gasteiger partial charge >= 0.3 is 0 Å². The van der Waals surface area contributed by atoms with Crippen LogP contribution in [0.2, 0.25) is 0 Å². The number of fused-ring (bicyclic) bond motifs is 1. The van der Waals surface area contributed by atoms with Crippen molar-refractivity contribution < 1.29 is 4.79 Å². The molecule has 0 bridgehead atoms. The predicted octanol–water partition coefficient (Wildman–Crippen LogP) is 0.103. The van der Waals surface area contributed by atoms with Crippen molar-refractivity contribution in [3.63, 3.8) is 0 Å². The summed E-state index contributed by atoms with van der Waals surface area (Å²) in [4.78, 5) is 15.2. The van der Waals surface area contributed by atoms with Crippen LogP contribution in [0.5, 0.6) is 0 Å². The third-order valence-electron chi connectivity index (χ3n) is 2.98. The monoisotopic (exact) mass is 222 g/mol. The van der Waals surface area contributed by atoms with Crippen LogP contribution < -0.4 is 11.1 Å². The van der Waals surface area contributed by atoms with Crippen LogP contribution in [-0.4, -0.2) is 22.0 Å². The molecule has 1 aliphatic rings. The Morgan fingerprint density at radius 3 is 3.19 bits per heavy atom. The molecule has 0 saturated heterocycles. The highest BCUT2D eigenvalue weighted by Crippen LogP contribution is 2.16. The molecule has 0 aliphatic carbocycles. The standard InChI is InChI=1S/C11H18N4O/c1-8-14-9-7-13-5-4-10(9)15(8)6-2-3-11(12)16/h13H,2-7H2,1H3,(H2,12,16). The lowest BCUT2D eigenvalue weighted by molar-refractivity contribution is -0.118. The number of imidazole rings is 1. The van der Waals surface area contributed by atoms with E-state index in [1.807, 2.05) is 6.92 Å². The molecule has 1 aromatic rings. The van der Waals surface area contributed by atoms with Crippen molar-refractivity contribution in [1.29, 1.82) is 0 Å². The van der Waals surface area contributed by atoms with Gasteiger partial charge in [-0.3, -0.25) is 4.79 Å². The number of nitrogens with zero attached hydrogens (tertiary/aromatic N) is 2. The molecule has 16 heavy (non-hydrogen) atoms. The summed E-state index contributed by atoms with van der Waals surface area (Å²) in [5, 5.41) is 3.31. The number of carbonyl (C=O) groups excluding carboxylic acids is 1. The van der Waals surface area contributed by atoms with E-state index in [2.05, 4.69) is 14.9 Å². The summed E-state index contributed by atoms with van der Waals surface area (Å²) < 4.78 is 2.22. The van der Waals surface area contributed by atoms with Crippen molar-refractivity contribution in [1.82, 2.24) is 14.9 Å². The number of carbonyl (C=O) groups is 1. The minimum atomic E-state index is -0.228. The van der Waals surface area contributed by atoms with Gasteiger partial charge in [0.2, 0.25) is 5.91 Å². The van der Waals surface area contributed by atoms with E-state index in [4.69, 9.17) is 5.73 Å². The van der Waals surface area contributed by atoms with Gasteiger partial charge in [-0.15, -0.1) is 0 Å². The molecule has 0 saturated carbocycles. The number of rotatable bonds is 4. The lowest BCUT2D eigenvalue weighted by Gasteiger charge is -2.15. The molecular weight excluding hydrogens is 204 g/mol. The van der Waals surface area contributed by atoms with Gasteiger partial charge in [0.25, 0.3) is 0 Å². The molecule has 0 fully saturated rings. The van der Waals surface area contributed by atoms with Crippen LogP contribution in [-0.2, 0) is 24.3 Å². The lowest BCUT2D eigenvalue weighted by Crippen LogP contribution is -2.25. The highest BCUT2D eigenvalue weighted by Gasteiger charge is 2.17. The number of aryl methyl sites for hydroxylation is 1. The number of amides is 1. The number of aromatic nitrogens is 2. The first-order chi connectivity index (χ1) is 7.68. The average Bonchev–Trinajstić information content (AvgIpc) is 2.55. The van der Waals surface area contributed by atoms with Crippen molar-refractivity contribution in [3.8, 4) is 0 Å². The summed E-state index contributed by atoms with van der Waals surface area (Å²) in [6.07, 6.45) is 2.27. The summed E-state index contributed by atoms with van der Waals surface area (Å²) in [6, 6.07) is 0. The maximum absolute atomic E-state index is 10.7. The van der Waals surface area contributed by atoms with E-state index in [-0.39, 0.29) is 5.91 Å². The molecule has 0 atom stereocenters. The second kappa shape index (κ2) is 4.65. The first-order valence-corrected chi connectivity index (χ1v) is 5.72. The number of nitrogens with two attached hydrogens (primary N) is 1. The van der Waals surface area contributed by atoms with E-state index in [0.717, 1.165) is 44.0 Å². The Labute approximate surface area is 95.0 Å². The minimum absolute atomic E-state index is 0.228. The van der Waals surface area contributed by atoms with E-state index in [1.54, 1.807) is 0 Å². The summed E-state index contributed by atoms with van der Waals surface area (Å²) in [6.45, 7) is 4.73. The summed E-state index contributed by atoms with van der Waals surface area (Å²) >= 11 is 0. The highest BCUT2D eigenvalue weighted by molar-refractivity contribution is 5.73. The molecule has 2 heterocycles. The molecule has 88 valence electrons. The van der Waals surface area contributed by atoms with Gasteiger partial charge in [0.1, 0.15) is 5.82 Å². The van der Waals surface area contributed by atoms with Crippen molar-refractivity contribution in [2.75, 3.05) is 6.54 Å². The van der Waals surface area contributed by atoms with Gasteiger partial charge in [-0.05, 0) is 13.3 Å². The van der Waals surface area contributed by atoms with Gasteiger partial charge in [-0.1, -0.05) is 0 Å². The molecule has 3 N–H and O–H groups in total. The molecule has 5 nitrogen and oxygen atoms in total. The van der Waals surface area contributed by atoms with Crippen LogP contribution in [0.25, 0.3) is 0 Å². The zero-order valence-electron chi connectivity index (χ0n) is 9.62. The van der Waals surface area contributed by atoms with Crippen LogP contribution in [0.1, 0.15) is 30.1 Å². The lowest BCUT2D eigenvalue weighted by atomic mass is 10.2. The van der Waals surface area contributed by atoms with E-state index < -0.39 is 0 Å². The number of primary amides is 1. The molecule has 0 unspecified atom stereocenters. The third kappa shape index (κ3) is 2.24. The predicted molar refractivity (Wildman–Crippen MR) is 60.8 cm³/mol. The summed E-state index contributed by atoms with van der Waals surface area (Å²) in [5.74, 6) is 0.812. The Kier molecular flexibility index (Phi) is 3.24. The summed E-state index contributed by atoms with van der Waals surface area (Å²) in [5.41, 5.74) is 7.61. The van der Waals surface area contributed by atoms with Crippen LogP contribution in [0.15, 0.2) is 0 Å². The van der Waals surface area contributed by atoms with Crippen LogP contribution in [0.4, 0.5) is 0 Å². The Morgan fingerprint density at radius 1 is 1.62 bits per heavy atom. The Balaban J connectivity index is 2.07. The molecule has 0 spiro atoms. The largest absolute Gasteiger partial charge is 0.370 e. The molecule has 0 aromatic carbocycles. The van der Waals surface area contributed by atoms with E-state index in [9.17, 15) is 4.79 Å². The maximum Gasteiger partial charge on any atom is 0.217 e. The van der Waals surface area contributed by atoms with Gasteiger partial charge in [0, 0.05) is 38.2 Å². The molecule has 2 rings (SSSR count). The first kappa shape index (κ1) is 11.1. The van der Waals surface area contributed by atoms with Crippen molar-refractivity contribution in [2.24, 2.45) is 5.73 Å². The topological polar surface area (TPSA) is 72.9 Å². The van der Waals surface area contributed by atoms with Gasteiger partial charge < -0.3 is 15.6 Å². The number of nitrogens with one attached hydrogen (secondary N) is 1. The Morgan fingerprint density at radius 2 is 2.44 bits per heavy atom. The van der Waals surface area contributed by atoms with Crippen LogP contribution in [0.3, 0.4) is 0 Å².